The summed E-state index contributed by atoms with van der Waals surface area (Å²) in [6, 6.07) is 7.43. The molecule has 1 amide bonds. The number of ether oxygens (including phenoxy) is 1. The third-order valence-corrected chi connectivity index (χ3v) is 3.83. The molecule has 21 heavy (non-hydrogen) atoms. The Morgan fingerprint density at radius 3 is 2.76 bits per heavy atom. The van der Waals surface area contributed by atoms with E-state index in [9.17, 15) is 9.59 Å². The highest BCUT2D eigenvalue weighted by Gasteiger charge is 2.36. The summed E-state index contributed by atoms with van der Waals surface area (Å²) in [6.07, 6.45) is 3.25. The van der Waals surface area contributed by atoms with Crippen molar-refractivity contribution in [3.05, 3.63) is 35.9 Å². The van der Waals surface area contributed by atoms with Gasteiger partial charge in [-0.15, -0.1) is 0 Å². The molecule has 1 aliphatic rings. The average molecular weight is 289 g/mol. The summed E-state index contributed by atoms with van der Waals surface area (Å²) in [5.41, 5.74) is 0.888. The van der Waals surface area contributed by atoms with Crippen LogP contribution in [0, 0.1) is 11.8 Å². The van der Waals surface area contributed by atoms with Gasteiger partial charge in [0.2, 0.25) is 5.91 Å². The van der Waals surface area contributed by atoms with Crippen molar-refractivity contribution in [1.82, 2.24) is 4.90 Å². The van der Waals surface area contributed by atoms with Crippen molar-refractivity contribution in [2.45, 2.75) is 6.92 Å². The Morgan fingerprint density at radius 2 is 2.14 bits per heavy atom. The smallest absolute Gasteiger partial charge is 0.306 e. The van der Waals surface area contributed by atoms with E-state index >= 15 is 0 Å². The molecule has 112 valence electrons. The van der Waals surface area contributed by atoms with Crippen molar-refractivity contribution in [2.24, 2.45) is 11.8 Å². The summed E-state index contributed by atoms with van der Waals surface area (Å²) in [4.78, 5) is 24.5. The number of amides is 1. The molecule has 0 bridgehead atoms. The monoisotopic (exact) mass is 289 g/mol. The first-order valence-electron chi connectivity index (χ1n) is 6.85. The van der Waals surface area contributed by atoms with Gasteiger partial charge in [0.15, 0.2) is 0 Å². The summed E-state index contributed by atoms with van der Waals surface area (Å²) in [7, 11) is 1.60. The van der Waals surface area contributed by atoms with E-state index in [0.717, 1.165) is 11.3 Å². The molecule has 1 atom stereocenters. The van der Waals surface area contributed by atoms with E-state index in [4.69, 9.17) is 9.84 Å². The highest BCUT2D eigenvalue weighted by molar-refractivity contribution is 5.92. The summed E-state index contributed by atoms with van der Waals surface area (Å²) in [5, 5.41) is 8.91. The summed E-state index contributed by atoms with van der Waals surface area (Å²) < 4.78 is 5.12. The highest BCUT2D eigenvalue weighted by atomic mass is 16.5. The van der Waals surface area contributed by atoms with Crippen molar-refractivity contribution < 1.29 is 19.4 Å². The van der Waals surface area contributed by atoms with E-state index in [1.807, 2.05) is 24.3 Å². The number of likely N-dealkylation sites (tertiary alicyclic amines) is 1. The molecule has 1 N–H and O–H groups in total. The van der Waals surface area contributed by atoms with Gasteiger partial charge in [-0.05, 0) is 23.8 Å². The number of rotatable bonds is 5. The van der Waals surface area contributed by atoms with Gasteiger partial charge in [0.1, 0.15) is 5.75 Å². The van der Waals surface area contributed by atoms with E-state index < -0.39 is 11.9 Å². The third-order valence-electron chi connectivity index (χ3n) is 3.83. The molecular weight excluding hydrogens is 270 g/mol. The average Bonchev–Trinajstić information content (AvgIpc) is 2.43. The fourth-order valence-electron chi connectivity index (χ4n) is 2.23. The minimum absolute atomic E-state index is 0.0525. The lowest BCUT2D eigenvalue weighted by Crippen LogP contribution is -2.53. The summed E-state index contributed by atoms with van der Waals surface area (Å²) in [6.45, 7) is 2.70. The van der Waals surface area contributed by atoms with Gasteiger partial charge < -0.3 is 14.7 Å². The van der Waals surface area contributed by atoms with Crippen molar-refractivity contribution in [1.29, 1.82) is 0 Å². The second kappa shape index (κ2) is 6.43. The van der Waals surface area contributed by atoms with Crippen LogP contribution in [0.1, 0.15) is 12.5 Å². The topological polar surface area (TPSA) is 66.8 Å². The number of benzene rings is 1. The van der Waals surface area contributed by atoms with Gasteiger partial charge in [-0.25, -0.2) is 0 Å². The molecule has 1 aliphatic heterocycles. The lowest BCUT2D eigenvalue weighted by molar-refractivity contribution is -0.148. The fraction of sp³-hybridized carbons (Fsp3) is 0.375. The molecule has 1 aromatic rings. The molecule has 1 unspecified atom stereocenters. The molecule has 5 heteroatoms. The zero-order valence-corrected chi connectivity index (χ0v) is 12.2. The zero-order valence-electron chi connectivity index (χ0n) is 12.2. The van der Waals surface area contributed by atoms with Gasteiger partial charge >= 0.3 is 5.97 Å². The van der Waals surface area contributed by atoms with Crippen molar-refractivity contribution in [2.75, 3.05) is 20.2 Å². The first-order chi connectivity index (χ1) is 10.0. The maximum Gasteiger partial charge on any atom is 0.306 e. The van der Waals surface area contributed by atoms with E-state index in [2.05, 4.69) is 0 Å². The summed E-state index contributed by atoms with van der Waals surface area (Å²) in [5.74, 6) is -0.511. The Bertz CT molecular complexity index is 561. The van der Waals surface area contributed by atoms with E-state index in [-0.39, 0.29) is 11.8 Å². The molecule has 0 spiro atoms. The Kier molecular flexibility index (Phi) is 4.62. The maximum absolute atomic E-state index is 12.0. The number of hydrogen-bond donors (Lipinski definition) is 1. The minimum Gasteiger partial charge on any atom is -0.497 e. The molecule has 1 aromatic carbocycles. The Labute approximate surface area is 123 Å². The number of carboxylic acid groups (broad SMARTS) is 1. The Hall–Kier alpha value is -2.30. The van der Waals surface area contributed by atoms with Gasteiger partial charge in [0, 0.05) is 25.1 Å². The Morgan fingerprint density at radius 1 is 1.43 bits per heavy atom. The van der Waals surface area contributed by atoms with Gasteiger partial charge in [-0.3, -0.25) is 9.59 Å². The largest absolute Gasteiger partial charge is 0.497 e. The van der Waals surface area contributed by atoms with Crippen LogP contribution >= 0.6 is 0 Å². The van der Waals surface area contributed by atoms with Crippen LogP contribution in [0.3, 0.4) is 0 Å². The predicted molar refractivity (Wildman–Crippen MR) is 78.9 cm³/mol. The minimum atomic E-state index is -0.806. The first-order valence-corrected chi connectivity index (χ1v) is 6.85. The van der Waals surface area contributed by atoms with Crippen LogP contribution in [0.4, 0.5) is 0 Å². The van der Waals surface area contributed by atoms with Crippen LogP contribution in [0.2, 0.25) is 0 Å². The quantitative estimate of drug-likeness (QED) is 0.841. The predicted octanol–water partition coefficient (Wildman–Crippen LogP) is 1.89. The fourth-order valence-corrected chi connectivity index (χ4v) is 2.23. The standard InChI is InChI=1S/C16H19NO4/c1-11(16(19)20)13-9-17(10-13)15(18)7-6-12-4-3-5-14(8-12)21-2/h3-8,11,13H,9-10H2,1-2H3,(H,19,20)/b7-6+. The number of carbonyl (C=O) groups excluding carboxylic acids is 1. The number of hydrogen-bond acceptors (Lipinski definition) is 3. The van der Waals surface area contributed by atoms with E-state index in [0.29, 0.717) is 13.1 Å². The van der Waals surface area contributed by atoms with Crippen molar-refractivity contribution >= 4 is 18.0 Å². The SMILES string of the molecule is COc1cccc(/C=C/C(=O)N2CC(C(C)C(=O)O)C2)c1. The summed E-state index contributed by atoms with van der Waals surface area (Å²) >= 11 is 0. The molecule has 2 rings (SSSR count). The number of methoxy groups -OCH3 is 1. The molecule has 1 heterocycles. The van der Waals surface area contributed by atoms with Crippen LogP contribution in [-0.2, 0) is 9.59 Å². The van der Waals surface area contributed by atoms with Gasteiger partial charge in [0.05, 0.1) is 13.0 Å². The van der Waals surface area contributed by atoms with Crippen molar-refractivity contribution in [3.63, 3.8) is 0 Å². The van der Waals surface area contributed by atoms with Crippen LogP contribution < -0.4 is 4.74 Å². The Balaban J connectivity index is 1.88. The van der Waals surface area contributed by atoms with Crippen LogP contribution in [0.5, 0.6) is 5.75 Å². The van der Waals surface area contributed by atoms with E-state index in [1.54, 1.807) is 25.0 Å². The second-order valence-corrected chi connectivity index (χ2v) is 5.24. The molecule has 1 fully saturated rings. The second-order valence-electron chi connectivity index (χ2n) is 5.24. The van der Waals surface area contributed by atoms with Crippen LogP contribution in [0.25, 0.3) is 6.08 Å². The van der Waals surface area contributed by atoms with E-state index in [1.165, 1.54) is 6.08 Å². The molecule has 0 aromatic heterocycles. The number of carbonyl (C=O) groups is 2. The molecule has 1 saturated heterocycles. The lowest BCUT2D eigenvalue weighted by Gasteiger charge is -2.40. The van der Waals surface area contributed by atoms with Gasteiger partial charge in [-0.1, -0.05) is 19.1 Å². The number of aliphatic carboxylic acids is 1. The van der Waals surface area contributed by atoms with Gasteiger partial charge in [-0.2, -0.15) is 0 Å². The zero-order chi connectivity index (χ0) is 15.4. The van der Waals surface area contributed by atoms with Gasteiger partial charge in [0.25, 0.3) is 0 Å². The molecule has 5 nitrogen and oxygen atoms in total. The normalized spacial score (nSPS) is 16.6. The number of nitrogens with zero attached hydrogens (tertiary/aromatic N) is 1. The molecule has 0 radical (unpaired) electrons. The molecule has 0 saturated carbocycles. The first kappa shape index (κ1) is 15.1. The lowest BCUT2D eigenvalue weighted by atomic mass is 9.87. The molecular formula is C16H19NO4. The molecule has 0 aliphatic carbocycles. The van der Waals surface area contributed by atoms with Crippen LogP contribution in [-0.4, -0.2) is 42.1 Å². The number of carboxylic acids is 1. The third kappa shape index (κ3) is 3.62. The maximum atomic E-state index is 12.0. The highest BCUT2D eigenvalue weighted by Crippen LogP contribution is 2.24. The van der Waals surface area contributed by atoms with Crippen LogP contribution in [0.15, 0.2) is 30.3 Å². The van der Waals surface area contributed by atoms with Crippen molar-refractivity contribution in [3.8, 4) is 5.75 Å².